The number of aromatic carboxylic acids is 1. The molecule has 0 amide bonds. The van der Waals surface area contributed by atoms with Crippen LogP contribution in [0.4, 0.5) is 5.82 Å². The number of carboxylic acids is 1. The molecule has 6 nitrogen and oxygen atoms in total. The van der Waals surface area contributed by atoms with Crippen LogP contribution in [-0.2, 0) is 0 Å². The van der Waals surface area contributed by atoms with Crippen molar-refractivity contribution in [2.45, 2.75) is 0 Å². The predicted octanol–water partition coefficient (Wildman–Crippen LogP) is 0.469. The van der Waals surface area contributed by atoms with E-state index in [4.69, 9.17) is 9.22 Å². The van der Waals surface area contributed by atoms with Gasteiger partial charge in [0, 0.05) is 17.3 Å². The Morgan fingerprint density at radius 1 is 1.79 bits per heavy atom. The molecule has 0 aliphatic rings. The van der Waals surface area contributed by atoms with Crippen LogP contribution in [0.15, 0.2) is 18.5 Å². The summed E-state index contributed by atoms with van der Waals surface area (Å²) in [7, 11) is 0. The molecule has 0 atom stereocenters. The van der Waals surface area contributed by atoms with Crippen molar-refractivity contribution in [1.82, 2.24) is 14.6 Å². The molecule has 0 aliphatic carbocycles. The molecule has 0 unspecified atom stereocenters. The van der Waals surface area contributed by atoms with Gasteiger partial charge in [-0.1, -0.05) is 0 Å². The molecule has 2 rings (SSSR count). The van der Waals surface area contributed by atoms with Gasteiger partial charge in [-0.3, -0.25) is 0 Å². The van der Waals surface area contributed by atoms with E-state index in [0.717, 1.165) is 10.7 Å². The zero-order chi connectivity index (χ0) is 12.6. The molecule has 0 saturated heterocycles. The Morgan fingerprint density at radius 2 is 2.64 bits per heavy atom. The molecular formula is C8H8N4O2. The summed E-state index contributed by atoms with van der Waals surface area (Å²) in [5, 5.41) is 14.9. The highest BCUT2D eigenvalue weighted by Crippen LogP contribution is 2.12. The number of rotatable bonds is 2. The van der Waals surface area contributed by atoms with E-state index in [1.54, 1.807) is 0 Å². The van der Waals surface area contributed by atoms with Crippen LogP contribution in [0, 0.1) is 0 Å². The first-order chi connectivity index (χ1) is 7.88. The molecule has 0 bridgehead atoms. The van der Waals surface area contributed by atoms with E-state index in [-0.39, 0.29) is 17.0 Å². The van der Waals surface area contributed by atoms with Gasteiger partial charge in [0.2, 0.25) is 0 Å². The molecule has 2 heterocycles. The largest absolute Gasteiger partial charge is 0.477 e. The van der Waals surface area contributed by atoms with Crippen molar-refractivity contribution in [3.05, 3.63) is 24.0 Å². The summed E-state index contributed by atoms with van der Waals surface area (Å²) in [6.07, 6.45) is 2.44. The highest BCUT2D eigenvalue weighted by molar-refractivity contribution is 5.94. The highest BCUT2D eigenvalue weighted by atomic mass is 16.4. The maximum Gasteiger partial charge on any atom is 0.341 e. The first-order valence-electron chi connectivity index (χ1n) is 5.23. The Balaban J connectivity index is 2.56. The van der Waals surface area contributed by atoms with Gasteiger partial charge in [0.1, 0.15) is 11.4 Å². The summed E-state index contributed by atoms with van der Waals surface area (Å²) in [6, 6.07) is 1.40. The predicted molar refractivity (Wildman–Crippen MR) is 49.5 cm³/mol. The average molecular weight is 195 g/mol. The van der Waals surface area contributed by atoms with Crippen molar-refractivity contribution in [2.75, 3.05) is 12.3 Å². The smallest absolute Gasteiger partial charge is 0.341 e. The summed E-state index contributed by atoms with van der Waals surface area (Å²) in [5.41, 5.74) is 0.00550. The molecule has 0 radical (unpaired) electrons. The summed E-state index contributed by atoms with van der Waals surface area (Å²) in [5.74, 6) is -1.01. The van der Waals surface area contributed by atoms with E-state index in [1.807, 2.05) is 0 Å². The van der Waals surface area contributed by atoms with Gasteiger partial charge in [0.25, 0.3) is 0 Å². The van der Waals surface area contributed by atoms with E-state index in [9.17, 15) is 4.79 Å². The molecule has 0 saturated carbocycles. The van der Waals surface area contributed by atoms with Gasteiger partial charge in [0.15, 0.2) is 5.65 Å². The van der Waals surface area contributed by atoms with Crippen LogP contribution in [0.25, 0.3) is 5.65 Å². The summed E-state index contributed by atoms with van der Waals surface area (Å²) in [6.45, 7) is -2.39. The van der Waals surface area contributed by atoms with Crippen molar-refractivity contribution in [2.24, 2.45) is 0 Å². The molecule has 2 aromatic heterocycles. The number of nitrogens with zero attached hydrogens (tertiary/aromatic N) is 3. The molecule has 0 aliphatic heterocycles. The zero-order valence-electron chi connectivity index (χ0n) is 9.93. The lowest BCUT2D eigenvalue weighted by Gasteiger charge is -2.01. The molecule has 14 heavy (non-hydrogen) atoms. The fourth-order valence-corrected chi connectivity index (χ4v) is 1.14. The molecule has 0 aromatic carbocycles. The third-order valence-electron chi connectivity index (χ3n) is 1.76. The molecular weight excluding hydrogens is 184 g/mol. The summed E-state index contributed by atoms with van der Waals surface area (Å²) >= 11 is 0. The Kier molecular flexibility index (Phi) is 1.19. The third kappa shape index (κ3) is 1.08. The van der Waals surface area contributed by atoms with E-state index >= 15 is 0 Å². The van der Waals surface area contributed by atoms with Crippen LogP contribution in [0.3, 0.4) is 0 Å². The number of anilines is 1. The second-order valence-corrected chi connectivity index (χ2v) is 2.55. The van der Waals surface area contributed by atoms with Crippen molar-refractivity contribution < 1.29 is 14.0 Å². The highest BCUT2D eigenvalue weighted by Gasteiger charge is 2.13. The number of fused-ring (bicyclic) bond motifs is 1. The van der Waals surface area contributed by atoms with Crippen molar-refractivity contribution in [3.63, 3.8) is 0 Å². The van der Waals surface area contributed by atoms with Crippen LogP contribution in [0.5, 0.6) is 0 Å². The number of carboxylic acid groups (broad SMARTS) is 1. The molecule has 6 heteroatoms. The number of hydrogen-bond donors (Lipinski definition) is 2. The van der Waals surface area contributed by atoms with Gasteiger partial charge in [-0.25, -0.2) is 9.78 Å². The second-order valence-electron chi connectivity index (χ2n) is 2.55. The van der Waals surface area contributed by atoms with Gasteiger partial charge in [0.05, 0.1) is 6.20 Å². The normalized spacial score (nSPS) is 14.4. The standard InChI is InChI=1S/C8H8N4O2/c1-9-6-2-3-10-7-5(8(13)14)4-11-12(6)7/h2-4,9H,1H3,(H,13,14)/i1D3. The number of hydrogen-bond acceptors (Lipinski definition) is 4. The lowest BCUT2D eigenvalue weighted by atomic mass is 10.3. The van der Waals surface area contributed by atoms with E-state index in [1.165, 1.54) is 12.3 Å². The Labute approximate surface area is 83.4 Å². The maximum atomic E-state index is 10.8. The summed E-state index contributed by atoms with van der Waals surface area (Å²) < 4.78 is 22.4. The van der Waals surface area contributed by atoms with Crippen molar-refractivity contribution in [3.8, 4) is 0 Å². The van der Waals surface area contributed by atoms with Gasteiger partial charge < -0.3 is 10.4 Å². The number of aromatic nitrogens is 3. The van der Waals surface area contributed by atoms with Gasteiger partial charge >= 0.3 is 5.97 Å². The van der Waals surface area contributed by atoms with Crippen LogP contribution in [0.1, 0.15) is 14.5 Å². The zero-order valence-corrected chi connectivity index (χ0v) is 6.93. The Bertz CT molecular complexity index is 578. The van der Waals surface area contributed by atoms with Crippen LogP contribution in [-0.4, -0.2) is 32.6 Å². The number of carbonyl (C=O) groups is 1. The minimum Gasteiger partial charge on any atom is -0.477 e. The second kappa shape index (κ2) is 2.99. The van der Waals surface area contributed by atoms with Crippen molar-refractivity contribution >= 4 is 17.4 Å². The average Bonchev–Trinajstić information content (AvgIpc) is 2.59. The Morgan fingerprint density at radius 3 is 3.36 bits per heavy atom. The lowest BCUT2D eigenvalue weighted by Crippen LogP contribution is -2.01. The van der Waals surface area contributed by atoms with Gasteiger partial charge in [-0.2, -0.15) is 9.61 Å². The quantitative estimate of drug-likeness (QED) is 0.728. The van der Waals surface area contributed by atoms with Gasteiger partial charge in [-0.15, -0.1) is 0 Å². The Hall–Kier alpha value is -2.11. The van der Waals surface area contributed by atoms with Crippen molar-refractivity contribution in [1.29, 1.82) is 0 Å². The topological polar surface area (TPSA) is 79.5 Å². The van der Waals surface area contributed by atoms with E-state index in [2.05, 4.69) is 15.4 Å². The van der Waals surface area contributed by atoms with Gasteiger partial charge in [-0.05, 0) is 6.07 Å². The molecule has 0 fully saturated rings. The molecule has 0 spiro atoms. The lowest BCUT2D eigenvalue weighted by molar-refractivity contribution is 0.0699. The van der Waals surface area contributed by atoms with E-state index < -0.39 is 12.9 Å². The molecule has 2 N–H and O–H groups in total. The summed E-state index contributed by atoms with van der Waals surface area (Å²) in [4.78, 5) is 14.7. The van der Waals surface area contributed by atoms with Crippen LogP contribution >= 0.6 is 0 Å². The fourth-order valence-electron chi connectivity index (χ4n) is 1.14. The fraction of sp³-hybridized carbons (Fsp3) is 0.125. The monoisotopic (exact) mass is 195 g/mol. The SMILES string of the molecule is [2H]C([2H])([2H])Nc1ccnc2c(C(=O)O)cnn12. The first-order valence-corrected chi connectivity index (χ1v) is 3.73. The first kappa shape index (κ1) is 5.58. The van der Waals surface area contributed by atoms with Crippen LogP contribution in [0.2, 0.25) is 0 Å². The maximum absolute atomic E-state index is 10.8. The molecule has 72 valence electrons. The molecule has 2 aromatic rings. The van der Waals surface area contributed by atoms with Crippen LogP contribution < -0.4 is 5.32 Å². The third-order valence-corrected chi connectivity index (χ3v) is 1.76. The number of nitrogens with one attached hydrogen (secondary N) is 1. The van der Waals surface area contributed by atoms with E-state index in [0.29, 0.717) is 0 Å². The minimum atomic E-state index is -2.39. The minimum absolute atomic E-state index is 0.0841.